The zero-order chi connectivity index (χ0) is 18.7. The summed E-state index contributed by atoms with van der Waals surface area (Å²) < 4.78 is 5.49. The molecule has 0 aliphatic rings. The number of nitrogens with zero attached hydrogens (tertiary/aromatic N) is 1. The number of carbonyl (C=O) groups excluding carboxylic acids is 2. The fourth-order valence-electron chi connectivity index (χ4n) is 2.18. The normalized spacial score (nSPS) is 11.1. The van der Waals surface area contributed by atoms with Crippen molar-refractivity contribution in [2.75, 3.05) is 6.61 Å². The van der Waals surface area contributed by atoms with Gasteiger partial charge in [0.1, 0.15) is 10.8 Å². The van der Waals surface area contributed by atoms with Gasteiger partial charge in [-0.2, -0.15) is 0 Å². The second kappa shape index (κ2) is 8.12. The highest BCUT2D eigenvalue weighted by molar-refractivity contribution is 9.10. The van der Waals surface area contributed by atoms with Crippen molar-refractivity contribution in [3.8, 4) is 5.75 Å². The number of hydrogen-bond donors (Lipinski definition) is 1. The Morgan fingerprint density at radius 3 is 2.72 bits per heavy atom. The van der Waals surface area contributed by atoms with Crippen LogP contribution in [0.15, 0.2) is 21.6 Å². The molecule has 0 saturated carbocycles. The molecule has 0 fully saturated rings. The van der Waals surface area contributed by atoms with Crippen molar-refractivity contribution in [2.24, 2.45) is 4.99 Å². The Morgan fingerprint density at radius 2 is 2.12 bits per heavy atom. The Morgan fingerprint density at radius 1 is 1.44 bits per heavy atom. The molecule has 1 aromatic carbocycles. The number of phenols is 1. The summed E-state index contributed by atoms with van der Waals surface area (Å²) >= 11 is 10.3. The summed E-state index contributed by atoms with van der Waals surface area (Å²) in [5.41, 5.74) is 1.18. The highest BCUT2D eigenvalue weighted by Crippen LogP contribution is 2.37. The molecule has 0 bridgehead atoms. The molecule has 0 spiro atoms. The molecule has 25 heavy (non-hydrogen) atoms. The van der Waals surface area contributed by atoms with Gasteiger partial charge in [-0.3, -0.25) is 4.79 Å². The van der Waals surface area contributed by atoms with Crippen molar-refractivity contribution in [3.05, 3.63) is 43.2 Å². The van der Waals surface area contributed by atoms with E-state index in [0.717, 1.165) is 11.3 Å². The summed E-state index contributed by atoms with van der Waals surface area (Å²) in [6.07, 6.45) is 1.39. The average Bonchev–Trinajstić information content (AvgIpc) is 2.86. The third kappa shape index (κ3) is 4.29. The van der Waals surface area contributed by atoms with E-state index in [-0.39, 0.29) is 23.7 Å². The number of benzene rings is 1. The van der Waals surface area contributed by atoms with Gasteiger partial charge in [0.25, 0.3) is 0 Å². The molecule has 0 saturated heterocycles. The molecule has 0 radical (unpaired) electrons. The number of carbonyl (C=O) groups is 2. The van der Waals surface area contributed by atoms with E-state index in [9.17, 15) is 14.7 Å². The minimum Gasteiger partial charge on any atom is -0.506 e. The number of thiophene rings is 1. The molecule has 0 aliphatic heterocycles. The third-order valence-corrected chi connectivity index (χ3v) is 5.43. The second-order valence-electron chi connectivity index (χ2n) is 5.10. The first-order valence-corrected chi connectivity index (χ1v) is 9.28. The van der Waals surface area contributed by atoms with Gasteiger partial charge in [-0.25, -0.2) is 9.79 Å². The van der Waals surface area contributed by atoms with E-state index in [4.69, 9.17) is 16.3 Å². The minimum atomic E-state index is -0.535. The summed E-state index contributed by atoms with van der Waals surface area (Å²) in [7, 11) is 0. The summed E-state index contributed by atoms with van der Waals surface area (Å²) in [6, 6.07) is 3.10. The molecular weight excluding hydrogens is 430 g/mol. The van der Waals surface area contributed by atoms with Gasteiger partial charge in [0.15, 0.2) is 5.78 Å². The lowest BCUT2D eigenvalue weighted by atomic mass is 10.1. The molecule has 5 nitrogen and oxygen atoms in total. The quantitative estimate of drug-likeness (QED) is 0.385. The van der Waals surface area contributed by atoms with Crippen LogP contribution in [-0.2, 0) is 4.74 Å². The lowest BCUT2D eigenvalue weighted by Crippen LogP contribution is -2.06. The maximum absolute atomic E-state index is 12.2. The van der Waals surface area contributed by atoms with Crippen LogP contribution in [0.3, 0.4) is 0 Å². The molecule has 2 rings (SSSR count). The molecule has 2 aromatic rings. The molecule has 132 valence electrons. The maximum atomic E-state index is 12.2. The Bertz CT molecular complexity index is 876. The van der Waals surface area contributed by atoms with Crippen molar-refractivity contribution >= 4 is 61.8 Å². The summed E-state index contributed by atoms with van der Waals surface area (Å²) in [4.78, 5) is 28.7. The lowest BCUT2D eigenvalue weighted by molar-refractivity contribution is 0.0527. The fraction of sp³-hybridized carbons (Fsp3) is 0.235. The highest BCUT2D eigenvalue weighted by Gasteiger charge is 2.23. The highest BCUT2D eigenvalue weighted by atomic mass is 79.9. The van der Waals surface area contributed by atoms with E-state index in [1.165, 1.54) is 13.1 Å². The minimum absolute atomic E-state index is 0.0223. The first-order chi connectivity index (χ1) is 11.8. The van der Waals surface area contributed by atoms with E-state index in [1.54, 1.807) is 26.0 Å². The number of Topliss-reactive ketones (excluding diaryl/α,β-unsaturated/α-hetero) is 1. The Hall–Kier alpha value is -1.70. The number of aromatic hydroxyl groups is 1. The van der Waals surface area contributed by atoms with Crippen molar-refractivity contribution in [1.29, 1.82) is 0 Å². The van der Waals surface area contributed by atoms with Crippen LogP contribution < -0.4 is 0 Å². The number of aliphatic imine (C=N–C) groups is 1. The zero-order valence-electron chi connectivity index (χ0n) is 13.7. The van der Waals surface area contributed by atoms with Crippen LogP contribution in [0, 0.1) is 6.92 Å². The van der Waals surface area contributed by atoms with Crippen LogP contribution in [0.5, 0.6) is 5.75 Å². The Labute approximate surface area is 162 Å². The van der Waals surface area contributed by atoms with E-state index >= 15 is 0 Å². The van der Waals surface area contributed by atoms with Gasteiger partial charge in [0.2, 0.25) is 0 Å². The molecule has 0 atom stereocenters. The molecule has 0 amide bonds. The first kappa shape index (κ1) is 19.6. The van der Waals surface area contributed by atoms with Gasteiger partial charge in [-0.05, 0) is 54.4 Å². The van der Waals surface area contributed by atoms with Crippen LogP contribution >= 0.6 is 38.9 Å². The van der Waals surface area contributed by atoms with Crippen molar-refractivity contribution < 1.29 is 19.4 Å². The van der Waals surface area contributed by atoms with E-state index in [2.05, 4.69) is 20.9 Å². The van der Waals surface area contributed by atoms with Gasteiger partial charge in [0, 0.05) is 16.8 Å². The van der Waals surface area contributed by atoms with Gasteiger partial charge in [0.05, 0.1) is 21.5 Å². The number of ether oxygens (including phenoxy) is 1. The molecular formula is C17H15BrClNO4S. The molecule has 1 heterocycles. The summed E-state index contributed by atoms with van der Waals surface area (Å²) in [5.74, 6) is -0.707. The van der Waals surface area contributed by atoms with Gasteiger partial charge in [-0.1, -0.05) is 11.6 Å². The number of rotatable bonds is 5. The van der Waals surface area contributed by atoms with E-state index in [1.807, 2.05) is 0 Å². The number of esters is 1. The summed E-state index contributed by atoms with van der Waals surface area (Å²) in [6.45, 7) is 5.04. The van der Waals surface area contributed by atoms with Crippen LogP contribution in [0.2, 0.25) is 5.02 Å². The number of hydrogen-bond acceptors (Lipinski definition) is 6. The maximum Gasteiger partial charge on any atom is 0.341 e. The number of phenolic OH excluding ortho intramolecular Hbond substituents is 1. The van der Waals surface area contributed by atoms with E-state index < -0.39 is 5.97 Å². The predicted octanol–water partition coefficient (Wildman–Crippen LogP) is 5.31. The second-order valence-corrected chi connectivity index (χ2v) is 7.39. The Kier molecular flexibility index (Phi) is 6.37. The van der Waals surface area contributed by atoms with Crippen molar-refractivity contribution in [1.82, 2.24) is 0 Å². The molecule has 1 aromatic heterocycles. The monoisotopic (exact) mass is 443 g/mol. The van der Waals surface area contributed by atoms with Crippen LogP contribution in [0.25, 0.3) is 0 Å². The Balaban J connectivity index is 2.54. The number of halogens is 2. The molecule has 0 unspecified atom stereocenters. The summed E-state index contributed by atoms with van der Waals surface area (Å²) in [5, 5.41) is 10.8. The lowest BCUT2D eigenvalue weighted by Gasteiger charge is -2.04. The largest absolute Gasteiger partial charge is 0.506 e. The fourth-order valence-corrected chi connectivity index (χ4v) is 4.05. The van der Waals surface area contributed by atoms with E-state index in [0.29, 0.717) is 30.5 Å². The van der Waals surface area contributed by atoms with Crippen molar-refractivity contribution in [2.45, 2.75) is 20.8 Å². The first-order valence-electron chi connectivity index (χ1n) is 7.29. The average molecular weight is 445 g/mol. The predicted molar refractivity (Wildman–Crippen MR) is 103 cm³/mol. The van der Waals surface area contributed by atoms with Gasteiger partial charge in [-0.15, -0.1) is 11.3 Å². The SMILES string of the molecule is CCOC(=O)c1c(N=Cc2cc(Cl)cc(Br)c2O)sc(C(C)=O)c1C. The molecule has 1 N–H and O–H groups in total. The molecule has 8 heteroatoms. The van der Waals surface area contributed by atoms with Gasteiger partial charge < -0.3 is 9.84 Å². The topological polar surface area (TPSA) is 76.0 Å². The van der Waals surface area contributed by atoms with Crippen LogP contribution in [-0.4, -0.2) is 29.7 Å². The van der Waals surface area contributed by atoms with Crippen molar-refractivity contribution in [3.63, 3.8) is 0 Å². The molecule has 0 aliphatic carbocycles. The number of ketones is 1. The standard InChI is InChI=1S/C17H15BrClNO4S/c1-4-24-17(23)13-8(2)15(9(3)21)25-16(13)20-7-10-5-11(19)6-12(18)14(10)22/h5-7,22H,4H2,1-3H3. The van der Waals surface area contributed by atoms with Crippen LogP contribution in [0.1, 0.15) is 45.0 Å². The van der Waals surface area contributed by atoms with Gasteiger partial charge >= 0.3 is 5.97 Å². The third-order valence-electron chi connectivity index (χ3n) is 3.31. The smallest absolute Gasteiger partial charge is 0.341 e. The van der Waals surface area contributed by atoms with Crippen LogP contribution in [0.4, 0.5) is 5.00 Å². The zero-order valence-corrected chi connectivity index (χ0v) is 16.9.